The molecule has 2 aliphatic rings. The molecule has 4 heterocycles. The summed E-state index contributed by atoms with van der Waals surface area (Å²) in [5.74, 6) is 1.02. The van der Waals surface area contributed by atoms with E-state index in [1.807, 2.05) is 39.0 Å². The van der Waals surface area contributed by atoms with Gasteiger partial charge in [0.15, 0.2) is 0 Å². The average molecular weight is 467 g/mol. The molecule has 1 N–H and O–H groups in total. The van der Waals surface area contributed by atoms with Gasteiger partial charge >= 0.3 is 6.09 Å². The number of hydrogen-bond donors (Lipinski definition) is 1. The first-order valence-electron chi connectivity index (χ1n) is 12.0. The molecule has 2 amide bonds. The smallest absolute Gasteiger partial charge is 0.410 e. The Balaban J connectivity index is 1.34. The van der Waals surface area contributed by atoms with Crippen molar-refractivity contribution in [1.82, 2.24) is 14.9 Å². The van der Waals surface area contributed by atoms with E-state index in [1.165, 1.54) is 6.42 Å². The first-order valence-corrected chi connectivity index (χ1v) is 12.0. The van der Waals surface area contributed by atoms with Gasteiger partial charge in [0.25, 0.3) is 5.91 Å². The summed E-state index contributed by atoms with van der Waals surface area (Å²) in [5.41, 5.74) is 1.02. The zero-order valence-corrected chi connectivity index (χ0v) is 20.3. The van der Waals surface area contributed by atoms with Crippen LogP contribution in [-0.4, -0.2) is 71.7 Å². The van der Waals surface area contributed by atoms with E-state index in [9.17, 15) is 9.59 Å². The molecule has 4 rings (SSSR count). The van der Waals surface area contributed by atoms with Crippen molar-refractivity contribution in [2.75, 3.05) is 54.4 Å². The van der Waals surface area contributed by atoms with E-state index in [0.29, 0.717) is 37.6 Å². The molecule has 2 aliphatic heterocycles. The summed E-state index contributed by atoms with van der Waals surface area (Å²) < 4.78 is 5.46. The molecule has 0 bridgehead atoms. The summed E-state index contributed by atoms with van der Waals surface area (Å²) in [7, 11) is 0. The lowest BCUT2D eigenvalue weighted by Crippen LogP contribution is -2.50. The predicted molar refractivity (Wildman–Crippen MR) is 133 cm³/mol. The number of carbonyl (C=O) groups excluding carboxylic acids is 2. The van der Waals surface area contributed by atoms with Gasteiger partial charge in [-0.15, -0.1) is 0 Å². The van der Waals surface area contributed by atoms with E-state index in [2.05, 4.69) is 25.1 Å². The quantitative estimate of drug-likeness (QED) is 0.733. The zero-order valence-electron chi connectivity index (χ0n) is 20.3. The summed E-state index contributed by atoms with van der Waals surface area (Å²) in [6.07, 6.45) is 6.67. The highest BCUT2D eigenvalue weighted by atomic mass is 16.6. The Morgan fingerprint density at radius 3 is 2.29 bits per heavy atom. The Morgan fingerprint density at radius 2 is 1.65 bits per heavy atom. The van der Waals surface area contributed by atoms with Gasteiger partial charge in [-0.1, -0.05) is 0 Å². The second-order valence-corrected chi connectivity index (χ2v) is 9.73. The molecule has 34 heavy (non-hydrogen) atoms. The second kappa shape index (κ2) is 10.3. The number of amides is 2. The SMILES string of the molecule is CC(C)(C)OC(=O)N1CCN(c2ccc(NC(=O)c3cccnc3N3CCCCC3)nc2)CC1. The number of carbonyl (C=O) groups is 2. The Kier molecular flexibility index (Phi) is 7.19. The van der Waals surface area contributed by atoms with Crippen LogP contribution in [0.3, 0.4) is 0 Å². The average Bonchev–Trinajstić information content (AvgIpc) is 2.84. The van der Waals surface area contributed by atoms with Crippen LogP contribution in [-0.2, 0) is 4.74 Å². The predicted octanol–water partition coefficient (Wildman–Crippen LogP) is 3.78. The standard InChI is InChI=1S/C25H34N6O3/c1-25(2,3)34-24(33)31-16-14-29(15-17-31)19-9-10-21(27-18-19)28-23(32)20-8-7-11-26-22(20)30-12-5-4-6-13-30/h7-11,18H,4-6,12-17H2,1-3H3,(H,27,28,32). The van der Waals surface area contributed by atoms with Crippen molar-refractivity contribution in [2.45, 2.75) is 45.6 Å². The van der Waals surface area contributed by atoms with Crippen LogP contribution in [0.5, 0.6) is 0 Å². The number of nitrogens with zero attached hydrogens (tertiary/aromatic N) is 5. The van der Waals surface area contributed by atoms with Gasteiger partial charge < -0.3 is 24.8 Å². The minimum Gasteiger partial charge on any atom is -0.444 e. The molecule has 0 unspecified atom stereocenters. The fourth-order valence-corrected chi connectivity index (χ4v) is 4.24. The van der Waals surface area contributed by atoms with E-state index in [0.717, 1.165) is 37.4 Å². The van der Waals surface area contributed by atoms with Crippen LogP contribution in [0, 0.1) is 0 Å². The number of pyridine rings is 2. The van der Waals surface area contributed by atoms with E-state index < -0.39 is 5.60 Å². The van der Waals surface area contributed by atoms with Gasteiger partial charge in [0.2, 0.25) is 0 Å². The number of piperidine rings is 1. The Bertz CT molecular complexity index is 990. The molecule has 2 saturated heterocycles. The maximum Gasteiger partial charge on any atom is 0.410 e. The van der Waals surface area contributed by atoms with E-state index >= 15 is 0 Å². The first kappa shape index (κ1) is 23.8. The lowest BCUT2D eigenvalue weighted by atomic mass is 10.1. The lowest BCUT2D eigenvalue weighted by molar-refractivity contribution is 0.0240. The topological polar surface area (TPSA) is 90.9 Å². The molecule has 0 atom stereocenters. The lowest BCUT2D eigenvalue weighted by Gasteiger charge is -2.36. The molecule has 2 fully saturated rings. The number of nitrogens with one attached hydrogen (secondary N) is 1. The monoisotopic (exact) mass is 466 g/mol. The number of rotatable bonds is 4. The highest BCUT2D eigenvalue weighted by Gasteiger charge is 2.26. The third kappa shape index (κ3) is 5.95. The molecular formula is C25H34N6O3. The fourth-order valence-electron chi connectivity index (χ4n) is 4.24. The van der Waals surface area contributed by atoms with Gasteiger partial charge in [-0.05, 0) is 64.3 Å². The van der Waals surface area contributed by atoms with Crippen LogP contribution in [0.4, 0.5) is 22.1 Å². The first-order chi connectivity index (χ1) is 16.3. The molecule has 0 aliphatic carbocycles. The van der Waals surface area contributed by atoms with E-state index in [4.69, 9.17) is 4.74 Å². The van der Waals surface area contributed by atoms with Crippen LogP contribution in [0.1, 0.15) is 50.4 Å². The summed E-state index contributed by atoms with van der Waals surface area (Å²) >= 11 is 0. The van der Waals surface area contributed by atoms with E-state index in [-0.39, 0.29) is 12.0 Å². The van der Waals surface area contributed by atoms with Crippen LogP contribution in [0.25, 0.3) is 0 Å². The van der Waals surface area contributed by atoms with Crippen molar-refractivity contribution in [2.24, 2.45) is 0 Å². The normalized spacial score (nSPS) is 16.9. The molecule has 0 aromatic carbocycles. The maximum absolute atomic E-state index is 13.0. The van der Waals surface area contributed by atoms with E-state index in [1.54, 1.807) is 23.4 Å². The third-order valence-electron chi connectivity index (χ3n) is 5.97. The van der Waals surface area contributed by atoms with Crippen LogP contribution in [0.15, 0.2) is 36.7 Å². The largest absolute Gasteiger partial charge is 0.444 e. The molecule has 2 aromatic heterocycles. The van der Waals surface area contributed by atoms with Crippen molar-refractivity contribution in [1.29, 1.82) is 0 Å². The number of piperazine rings is 1. The van der Waals surface area contributed by atoms with Crippen molar-refractivity contribution >= 4 is 29.3 Å². The minimum absolute atomic E-state index is 0.208. The molecule has 9 heteroatoms. The van der Waals surface area contributed by atoms with Gasteiger partial charge in [0.1, 0.15) is 17.2 Å². The number of aromatic nitrogens is 2. The molecule has 2 aromatic rings. The van der Waals surface area contributed by atoms with Crippen molar-refractivity contribution in [3.63, 3.8) is 0 Å². The van der Waals surface area contributed by atoms with Crippen LogP contribution >= 0.6 is 0 Å². The van der Waals surface area contributed by atoms with Gasteiger partial charge in [0.05, 0.1) is 17.4 Å². The van der Waals surface area contributed by atoms with Gasteiger partial charge in [-0.25, -0.2) is 14.8 Å². The van der Waals surface area contributed by atoms with Crippen LogP contribution < -0.4 is 15.1 Å². The Hall–Kier alpha value is -3.36. The van der Waals surface area contributed by atoms with Crippen molar-refractivity contribution in [3.8, 4) is 0 Å². The number of hydrogen-bond acceptors (Lipinski definition) is 7. The highest BCUT2D eigenvalue weighted by molar-refractivity contribution is 6.07. The molecular weight excluding hydrogens is 432 g/mol. The fraction of sp³-hybridized carbons (Fsp3) is 0.520. The maximum atomic E-state index is 13.0. The van der Waals surface area contributed by atoms with Gasteiger partial charge in [-0.2, -0.15) is 0 Å². The summed E-state index contributed by atoms with van der Waals surface area (Å²) in [6.45, 7) is 10.0. The Morgan fingerprint density at radius 1 is 0.912 bits per heavy atom. The van der Waals surface area contributed by atoms with Gasteiger partial charge in [0, 0.05) is 45.5 Å². The molecule has 0 radical (unpaired) electrons. The van der Waals surface area contributed by atoms with Crippen LogP contribution in [0.2, 0.25) is 0 Å². The minimum atomic E-state index is -0.497. The summed E-state index contributed by atoms with van der Waals surface area (Å²) in [6, 6.07) is 7.35. The Labute approximate surface area is 201 Å². The highest BCUT2D eigenvalue weighted by Crippen LogP contribution is 2.23. The number of anilines is 3. The molecule has 182 valence electrons. The molecule has 0 saturated carbocycles. The van der Waals surface area contributed by atoms with Gasteiger partial charge in [-0.3, -0.25) is 4.79 Å². The molecule has 0 spiro atoms. The van der Waals surface area contributed by atoms with Crippen molar-refractivity contribution in [3.05, 3.63) is 42.2 Å². The van der Waals surface area contributed by atoms with Crippen molar-refractivity contribution < 1.29 is 14.3 Å². The zero-order chi connectivity index (χ0) is 24.1. The molecule has 9 nitrogen and oxygen atoms in total. The summed E-state index contributed by atoms with van der Waals surface area (Å²) in [5, 5.41) is 2.91. The summed E-state index contributed by atoms with van der Waals surface area (Å²) in [4.78, 5) is 40.3. The third-order valence-corrected chi connectivity index (χ3v) is 5.97. The number of ether oxygens (including phenoxy) is 1. The second-order valence-electron chi connectivity index (χ2n) is 9.73.